The minimum absolute atomic E-state index is 0.0480. The number of carbonyl (C=O) groups is 3. The number of hydrogen-bond acceptors (Lipinski definition) is 5. The van der Waals surface area contributed by atoms with Crippen LogP contribution >= 0.6 is 0 Å². The van der Waals surface area contributed by atoms with Crippen LogP contribution in [0, 0.1) is 5.92 Å². The molecule has 0 aromatic rings. The predicted octanol–water partition coefficient (Wildman–Crippen LogP) is 2.70. The van der Waals surface area contributed by atoms with Crippen molar-refractivity contribution < 1.29 is 19.1 Å². The van der Waals surface area contributed by atoms with Gasteiger partial charge in [0.1, 0.15) is 5.60 Å². The second kappa shape index (κ2) is 9.76. The molecule has 0 aliphatic rings. The van der Waals surface area contributed by atoms with Crippen LogP contribution in [0.1, 0.15) is 67.7 Å². The smallest absolute Gasteiger partial charge is 0.309 e. The van der Waals surface area contributed by atoms with Crippen LogP contribution < -0.4 is 5.32 Å². The summed E-state index contributed by atoms with van der Waals surface area (Å²) in [7, 11) is -0.200. The summed E-state index contributed by atoms with van der Waals surface area (Å²) in [6.45, 7) is 12.8. The summed E-state index contributed by atoms with van der Waals surface area (Å²) >= 11 is 5.30. The van der Waals surface area contributed by atoms with E-state index >= 15 is 0 Å². The van der Waals surface area contributed by atoms with Gasteiger partial charge in [0.25, 0.3) is 0 Å². The number of rotatable bonds is 9. The molecule has 7 heteroatoms. The first-order valence-electron chi connectivity index (χ1n) is 8.54. The third-order valence-corrected chi connectivity index (χ3v) is 7.02. The van der Waals surface area contributed by atoms with Gasteiger partial charge in [-0.15, -0.1) is 9.45 Å². The van der Waals surface area contributed by atoms with Gasteiger partial charge in [-0.2, -0.15) is 0 Å². The van der Waals surface area contributed by atoms with Crippen molar-refractivity contribution in [3.63, 3.8) is 0 Å². The van der Waals surface area contributed by atoms with Crippen molar-refractivity contribution in [2.45, 2.75) is 84.1 Å². The van der Waals surface area contributed by atoms with Gasteiger partial charge >= 0.3 is 5.97 Å². The average molecular weight is 392 g/mol. The maximum absolute atomic E-state index is 12.2. The summed E-state index contributed by atoms with van der Waals surface area (Å²) in [6.07, 6.45) is 3.04. The fourth-order valence-electron chi connectivity index (χ4n) is 1.92. The van der Waals surface area contributed by atoms with Crippen molar-refractivity contribution in [2.24, 2.45) is 5.92 Å². The lowest BCUT2D eigenvalue weighted by Crippen LogP contribution is -2.40. The highest BCUT2D eigenvalue weighted by Gasteiger charge is 2.26. The van der Waals surface area contributed by atoms with Crippen LogP contribution in [0.15, 0.2) is 0 Å². The predicted molar refractivity (Wildman–Crippen MR) is 106 cm³/mol. The van der Waals surface area contributed by atoms with Crippen molar-refractivity contribution in [2.75, 3.05) is 6.26 Å². The highest BCUT2D eigenvalue weighted by atomic mass is 32.8. The van der Waals surface area contributed by atoms with Crippen LogP contribution in [-0.4, -0.2) is 40.3 Å². The highest BCUT2D eigenvalue weighted by Crippen LogP contribution is 2.19. The van der Waals surface area contributed by atoms with Crippen LogP contribution in [0.25, 0.3) is 0 Å². The molecule has 0 heterocycles. The van der Waals surface area contributed by atoms with E-state index in [4.69, 9.17) is 15.9 Å². The zero-order valence-corrected chi connectivity index (χ0v) is 18.4. The monoisotopic (exact) mass is 391 g/mol. The number of amides is 1. The van der Waals surface area contributed by atoms with Crippen molar-refractivity contribution >= 4 is 38.3 Å². The number of ketones is 1. The second-order valence-corrected chi connectivity index (χ2v) is 11.6. The Bertz CT molecular complexity index is 524. The van der Waals surface area contributed by atoms with Crippen molar-refractivity contribution in [1.82, 2.24) is 5.32 Å². The molecule has 0 aromatic carbocycles. The third-order valence-electron chi connectivity index (χ3n) is 3.91. The number of nitrogens with one attached hydrogen (secondary N) is 1. The molecule has 1 N–H and O–H groups in total. The van der Waals surface area contributed by atoms with E-state index in [0.717, 1.165) is 0 Å². The van der Waals surface area contributed by atoms with Gasteiger partial charge in [-0.25, -0.2) is 0 Å². The maximum atomic E-state index is 12.2. The zero-order chi connectivity index (χ0) is 20.0. The fraction of sp³-hybridized carbons (Fsp3) is 0.833. The minimum Gasteiger partial charge on any atom is -0.460 e. The van der Waals surface area contributed by atoms with Crippen LogP contribution in [0.2, 0.25) is 0 Å². The third kappa shape index (κ3) is 10.0. The van der Waals surface area contributed by atoms with Crippen LogP contribution in [0.3, 0.4) is 0 Å². The quantitative estimate of drug-likeness (QED) is 0.612. The number of hydrogen-bond donors (Lipinski definition) is 1. The largest absolute Gasteiger partial charge is 0.460 e. The Morgan fingerprint density at radius 3 is 2.08 bits per heavy atom. The Hall–Kier alpha value is -0.820. The van der Waals surface area contributed by atoms with Gasteiger partial charge in [0, 0.05) is 17.6 Å². The Labute approximate surface area is 159 Å². The summed E-state index contributed by atoms with van der Waals surface area (Å²) in [5, 5.41) is 2.71. The van der Waals surface area contributed by atoms with E-state index < -0.39 is 23.5 Å². The molecule has 0 saturated carbocycles. The van der Waals surface area contributed by atoms with Gasteiger partial charge in [-0.3, -0.25) is 14.4 Å². The van der Waals surface area contributed by atoms with Gasteiger partial charge in [0.2, 0.25) is 5.91 Å². The van der Waals surface area contributed by atoms with Crippen LogP contribution in [0.4, 0.5) is 0 Å². The highest BCUT2D eigenvalue weighted by molar-refractivity contribution is 8.29. The normalized spacial score (nSPS) is 15.8. The Kier molecular flexibility index (Phi) is 9.44. The lowest BCUT2D eigenvalue weighted by atomic mass is 10.00. The Balaban J connectivity index is 4.44. The molecule has 25 heavy (non-hydrogen) atoms. The molecular formula is C18H33NO4S2. The van der Waals surface area contributed by atoms with E-state index in [1.807, 2.05) is 20.1 Å². The maximum Gasteiger partial charge on any atom is 0.309 e. The molecule has 0 rings (SSSR count). The van der Waals surface area contributed by atoms with Crippen molar-refractivity contribution in [1.29, 1.82) is 0 Å². The molecule has 0 aliphatic heterocycles. The number of esters is 1. The van der Waals surface area contributed by atoms with Gasteiger partial charge in [-0.05, 0) is 40.4 Å². The summed E-state index contributed by atoms with van der Waals surface area (Å²) in [6, 6.07) is -0.621. The molecular weight excluding hydrogens is 358 g/mol. The van der Waals surface area contributed by atoms with Gasteiger partial charge in [-0.1, -0.05) is 32.0 Å². The summed E-state index contributed by atoms with van der Waals surface area (Å²) in [4.78, 5) is 36.2. The van der Waals surface area contributed by atoms with Gasteiger partial charge in [0.15, 0.2) is 5.78 Å². The SMILES string of the molecule is C[C@H](CC(=O)[C@H](C)NC(=O)CCC(C)(C)S(C)=S)C(=O)OC(C)(C)C. The molecule has 0 spiro atoms. The molecule has 146 valence electrons. The molecule has 0 aliphatic carbocycles. The standard InChI is InChI=1S/C18H33NO4S2/c1-12(16(22)23-17(3,4)5)11-14(20)13(2)19-15(21)9-10-18(6,7)25(8)24/h12-13H,9-11H2,1-8H3,(H,19,21)/t12-,13+,25?/m1/s1. The number of ether oxygens (including phenoxy) is 1. The van der Waals surface area contributed by atoms with Crippen LogP contribution in [-0.2, 0) is 39.8 Å². The summed E-state index contributed by atoms with van der Waals surface area (Å²) in [5.74, 6) is -1.28. The first-order chi connectivity index (χ1) is 11.2. The molecule has 0 bridgehead atoms. The average Bonchev–Trinajstić information content (AvgIpc) is 2.42. The Morgan fingerprint density at radius 1 is 1.12 bits per heavy atom. The van der Waals surface area contributed by atoms with Gasteiger partial charge < -0.3 is 10.1 Å². The van der Waals surface area contributed by atoms with E-state index in [1.54, 1.807) is 34.6 Å². The Morgan fingerprint density at radius 2 is 1.64 bits per heavy atom. The second-order valence-electron chi connectivity index (χ2n) is 8.11. The van der Waals surface area contributed by atoms with E-state index in [2.05, 4.69) is 5.32 Å². The molecule has 0 radical (unpaired) electrons. The molecule has 3 atom stereocenters. The molecule has 0 saturated heterocycles. The molecule has 5 nitrogen and oxygen atoms in total. The number of carbonyl (C=O) groups excluding carboxylic acids is 3. The summed E-state index contributed by atoms with van der Waals surface area (Å²) in [5.41, 5.74) is -0.580. The number of Topliss-reactive ketones (excluding diaryl/α,β-unsaturated/α-hetero) is 1. The van der Waals surface area contributed by atoms with E-state index in [1.165, 1.54) is 0 Å². The lowest BCUT2D eigenvalue weighted by Gasteiger charge is -2.24. The topological polar surface area (TPSA) is 72.5 Å². The lowest BCUT2D eigenvalue weighted by molar-refractivity contribution is -0.160. The summed E-state index contributed by atoms with van der Waals surface area (Å²) < 4.78 is 5.19. The van der Waals surface area contributed by atoms with Crippen molar-refractivity contribution in [3.8, 4) is 0 Å². The van der Waals surface area contributed by atoms with E-state index in [-0.39, 0.29) is 32.3 Å². The zero-order valence-electron chi connectivity index (χ0n) is 16.7. The first kappa shape index (κ1) is 24.2. The molecule has 1 amide bonds. The van der Waals surface area contributed by atoms with Crippen LogP contribution in [0.5, 0.6) is 0 Å². The minimum atomic E-state index is -0.621. The molecule has 0 aromatic heterocycles. The first-order valence-corrected chi connectivity index (χ1v) is 11.1. The fourth-order valence-corrected chi connectivity index (χ4v) is 2.56. The molecule has 1 unspecified atom stereocenters. The van der Waals surface area contributed by atoms with E-state index in [9.17, 15) is 14.4 Å². The van der Waals surface area contributed by atoms with E-state index in [0.29, 0.717) is 12.8 Å². The molecule has 0 fully saturated rings. The van der Waals surface area contributed by atoms with Crippen molar-refractivity contribution in [3.05, 3.63) is 0 Å². The van der Waals surface area contributed by atoms with Gasteiger partial charge in [0.05, 0.1) is 12.0 Å².